The zero-order valence-electron chi connectivity index (χ0n) is 10.6. The van der Waals surface area contributed by atoms with Crippen molar-refractivity contribution in [1.82, 2.24) is 0 Å². The highest BCUT2D eigenvalue weighted by Crippen LogP contribution is 2.23. The van der Waals surface area contributed by atoms with E-state index in [2.05, 4.69) is 15.9 Å². The number of ether oxygens (including phenoxy) is 1. The van der Waals surface area contributed by atoms with Crippen LogP contribution in [-0.4, -0.2) is 19.3 Å². The van der Waals surface area contributed by atoms with E-state index in [0.717, 1.165) is 12.8 Å². The predicted octanol–water partition coefficient (Wildman–Crippen LogP) is 3.41. The summed E-state index contributed by atoms with van der Waals surface area (Å²) in [7, 11) is 1.56. The van der Waals surface area contributed by atoms with Gasteiger partial charge in [0.05, 0.1) is 10.6 Å². The van der Waals surface area contributed by atoms with Crippen molar-refractivity contribution < 1.29 is 13.5 Å². The van der Waals surface area contributed by atoms with E-state index in [0.29, 0.717) is 0 Å². The van der Waals surface area contributed by atoms with Crippen LogP contribution >= 0.6 is 15.9 Å². The zero-order chi connectivity index (χ0) is 13.7. The Kier molecular flexibility index (Phi) is 6.18. The third kappa shape index (κ3) is 3.73. The van der Waals surface area contributed by atoms with Crippen molar-refractivity contribution in [3.8, 4) is 0 Å². The molecular formula is C13H18BrF2NO. The third-order valence-corrected chi connectivity index (χ3v) is 3.54. The third-order valence-electron chi connectivity index (χ3n) is 2.93. The molecule has 102 valence electrons. The summed E-state index contributed by atoms with van der Waals surface area (Å²) in [6.45, 7) is 2.01. The highest BCUT2D eigenvalue weighted by atomic mass is 79.9. The minimum Gasteiger partial charge on any atom is -0.380 e. The van der Waals surface area contributed by atoms with Crippen molar-refractivity contribution in [2.75, 3.05) is 7.11 Å². The highest BCUT2D eigenvalue weighted by molar-refractivity contribution is 9.10. The summed E-state index contributed by atoms with van der Waals surface area (Å²) in [5, 5.41) is 0. The molecule has 2 nitrogen and oxygen atoms in total. The molecule has 0 aliphatic carbocycles. The molecular weight excluding hydrogens is 304 g/mol. The maximum atomic E-state index is 13.8. The van der Waals surface area contributed by atoms with Gasteiger partial charge in [0.2, 0.25) is 0 Å². The lowest BCUT2D eigenvalue weighted by Crippen LogP contribution is -2.38. The van der Waals surface area contributed by atoms with Crippen molar-refractivity contribution in [1.29, 1.82) is 0 Å². The van der Waals surface area contributed by atoms with Crippen LogP contribution in [0.25, 0.3) is 0 Å². The number of methoxy groups -OCH3 is 1. The van der Waals surface area contributed by atoms with Gasteiger partial charge in [0, 0.05) is 18.7 Å². The first-order chi connectivity index (χ1) is 8.51. The van der Waals surface area contributed by atoms with Crippen LogP contribution in [0.1, 0.15) is 25.3 Å². The first-order valence-corrected chi connectivity index (χ1v) is 6.71. The number of rotatable bonds is 6. The predicted molar refractivity (Wildman–Crippen MR) is 71.4 cm³/mol. The van der Waals surface area contributed by atoms with Crippen molar-refractivity contribution in [3.63, 3.8) is 0 Å². The summed E-state index contributed by atoms with van der Waals surface area (Å²) in [6, 6.07) is 2.16. The summed E-state index contributed by atoms with van der Waals surface area (Å²) < 4.78 is 32.9. The lowest BCUT2D eigenvalue weighted by atomic mass is 9.98. The topological polar surface area (TPSA) is 35.2 Å². The molecule has 0 amide bonds. The second-order valence-corrected chi connectivity index (χ2v) is 5.11. The van der Waals surface area contributed by atoms with Gasteiger partial charge in [-0.1, -0.05) is 13.3 Å². The largest absolute Gasteiger partial charge is 0.380 e. The number of hydrogen-bond donors (Lipinski definition) is 1. The van der Waals surface area contributed by atoms with Gasteiger partial charge < -0.3 is 10.5 Å². The normalized spacial score (nSPS) is 14.6. The molecule has 0 bridgehead atoms. The van der Waals surface area contributed by atoms with Crippen molar-refractivity contribution in [2.24, 2.45) is 5.73 Å². The number of hydrogen-bond acceptors (Lipinski definition) is 2. The monoisotopic (exact) mass is 321 g/mol. The molecule has 0 aliphatic rings. The molecule has 1 aromatic carbocycles. The Bertz CT molecular complexity index is 401. The minimum absolute atomic E-state index is 0.00929. The SMILES string of the molecule is CCCC(OC)C(N)Cc1c(F)ccc(Br)c1F. The van der Waals surface area contributed by atoms with Crippen LogP contribution in [0.4, 0.5) is 8.78 Å². The van der Waals surface area contributed by atoms with E-state index >= 15 is 0 Å². The van der Waals surface area contributed by atoms with Gasteiger partial charge >= 0.3 is 0 Å². The van der Waals surface area contributed by atoms with Gasteiger partial charge in [-0.25, -0.2) is 8.78 Å². The second-order valence-electron chi connectivity index (χ2n) is 4.25. The molecule has 0 aromatic heterocycles. The van der Waals surface area contributed by atoms with Gasteiger partial charge in [0.25, 0.3) is 0 Å². The van der Waals surface area contributed by atoms with Crippen LogP contribution in [-0.2, 0) is 11.2 Å². The minimum atomic E-state index is -0.586. The molecule has 0 aliphatic heterocycles. The van der Waals surface area contributed by atoms with Gasteiger partial charge in [-0.05, 0) is 40.9 Å². The van der Waals surface area contributed by atoms with Crippen molar-refractivity contribution >= 4 is 15.9 Å². The Balaban J connectivity index is 2.87. The number of nitrogens with two attached hydrogens (primary N) is 1. The van der Waals surface area contributed by atoms with Gasteiger partial charge in [-0.3, -0.25) is 0 Å². The summed E-state index contributed by atoms with van der Waals surface area (Å²) in [6.07, 6.45) is 1.62. The lowest BCUT2D eigenvalue weighted by Gasteiger charge is -2.22. The van der Waals surface area contributed by atoms with Crippen LogP contribution < -0.4 is 5.73 Å². The van der Waals surface area contributed by atoms with E-state index < -0.39 is 17.7 Å². The second kappa shape index (κ2) is 7.16. The molecule has 1 rings (SSSR count). The summed E-state index contributed by atoms with van der Waals surface area (Å²) in [5.74, 6) is -1.16. The molecule has 2 N–H and O–H groups in total. The molecule has 2 unspecified atom stereocenters. The van der Waals surface area contributed by atoms with E-state index in [9.17, 15) is 8.78 Å². The van der Waals surface area contributed by atoms with Gasteiger partial charge in [-0.15, -0.1) is 0 Å². The van der Waals surface area contributed by atoms with E-state index in [1.54, 1.807) is 7.11 Å². The quantitative estimate of drug-likeness (QED) is 0.815. The Labute approximate surface area is 115 Å². The average molecular weight is 322 g/mol. The van der Waals surface area contributed by atoms with Crippen LogP contribution in [0.3, 0.4) is 0 Å². The Morgan fingerprint density at radius 3 is 2.61 bits per heavy atom. The molecule has 18 heavy (non-hydrogen) atoms. The summed E-state index contributed by atoms with van der Waals surface area (Å²) in [5.41, 5.74) is 5.97. The van der Waals surface area contributed by atoms with Crippen LogP contribution in [0.15, 0.2) is 16.6 Å². The molecule has 0 heterocycles. The first kappa shape index (κ1) is 15.5. The van der Waals surface area contributed by atoms with Crippen LogP contribution in [0.2, 0.25) is 0 Å². The van der Waals surface area contributed by atoms with E-state index in [1.165, 1.54) is 12.1 Å². The van der Waals surface area contributed by atoms with E-state index in [1.807, 2.05) is 6.92 Å². The lowest BCUT2D eigenvalue weighted by molar-refractivity contribution is 0.0722. The Morgan fingerprint density at radius 1 is 1.39 bits per heavy atom. The Morgan fingerprint density at radius 2 is 2.06 bits per heavy atom. The fraction of sp³-hybridized carbons (Fsp3) is 0.538. The fourth-order valence-corrected chi connectivity index (χ4v) is 2.29. The molecule has 0 radical (unpaired) electrons. The van der Waals surface area contributed by atoms with Crippen molar-refractivity contribution in [3.05, 3.63) is 33.8 Å². The van der Waals surface area contributed by atoms with Crippen LogP contribution in [0, 0.1) is 11.6 Å². The van der Waals surface area contributed by atoms with Gasteiger partial charge in [0.15, 0.2) is 0 Å². The van der Waals surface area contributed by atoms with Crippen LogP contribution in [0.5, 0.6) is 0 Å². The highest BCUT2D eigenvalue weighted by Gasteiger charge is 2.21. The fourth-order valence-electron chi connectivity index (χ4n) is 1.91. The zero-order valence-corrected chi connectivity index (χ0v) is 12.1. The average Bonchev–Trinajstić information content (AvgIpc) is 2.36. The molecule has 5 heteroatoms. The Hall–Kier alpha value is -0.520. The molecule has 2 atom stereocenters. The van der Waals surface area contributed by atoms with Gasteiger partial charge in [0.1, 0.15) is 11.6 Å². The van der Waals surface area contributed by atoms with E-state index in [4.69, 9.17) is 10.5 Å². The number of halogens is 3. The van der Waals surface area contributed by atoms with E-state index in [-0.39, 0.29) is 22.6 Å². The van der Waals surface area contributed by atoms with Gasteiger partial charge in [-0.2, -0.15) is 0 Å². The molecule has 0 fully saturated rings. The maximum Gasteiger partial charge on any atom is 0.143 e. The molecule has 0 spiro atoms. The standard InChI is InChI=1S/C13H18BrF2NO/c1-3-4-12(18-2)11(17)7-8-10(15)6-5-9(14)13(8)16/h5-6,11-12H,3-4,7,17H2,1-2H3. The molecule has 1 aromatic rings. The summed E-state index contributed by atoms with van der Waals surface area (Å²) >= 11 is 3.04. The number of benzene rings is 1. The maximum absolute atomic E-state index is 13.8. The van der Waals surface area contributed by atoms with Crippen molar-refractivity contribution in [2.45, 2.75) is 38.3 Å². The molecule has 0 saturated carbocycles. The molecule has 0 saturated heterocycles. The first-order valence-electron chi connectivity index (χ1n) is 5.92. The summed E-state index contributed by atoms with van der Waals surface area (Å²) in [4.78, 5) is 0. The smallest absolute Gasteiger partial charge is 0.143 e.